The topological polar surface area (TPSA) is 40.6 Å². The van der Waals surface area contributed by atoms with Gasteiger partial charge in [0.2, 0.25) is 5.91 Å². The van der Waals surface area contributed by atoms with Crippen molar-refractivity contribution in [3.63, 3.8) is 0 Å². The van der Waals surface area contributed by atoms with E-state index in [9.17, 15) is 14.0 Å². The van der Waals surface area contributed by atoms with Gasteiger partial charge in [0.15, 0.2) is 0 Å². The van der Waals surface area contributed by atoms with E-state index in [1.165, 1.54) is 12.1 Å². The highest BCUT2D eigenvalue weighted by Crippen LogP contribution is 2.21. The van der Waals surface area contributed by atoms with Crippen molar-refractivity contribution in [2.24, 2.45) is 0 Å². The van der Waals surface area contributed by atoms with Crippen LogP contribution in [0.4, 0.5) is 10.1 Å². The predicted octanol–water partition coefficient (Wildman–Crippen LogP) is 3.61. The van der Waals surface area contributed by atoms with Crippen LogP contribution in [0.3, 0.4) is 0 Å². The summed E-state index contributed by atoms with van der Waals surface area (Å²) in [6, 6.07) is 13.3. The molecule has 3 rings (SSSR count). The van der Waals surface area contributed by atoms with Crippen molar-refractivity contribution in [1.29, 1.82) is 0 Å². The van der Waals surface area contributed by atoms with Gasteiger partial charge in [-0.1, -0.05) is 12.1 Å². The van der Waals surface area contributed by atoms with Crippen LogP contribution in [-0.2, 0) is 11.3 Å². The number of hydrogen-bond donors (Lipinski definition) is 0. The van der Waals surface area contributed by atoms with E-state index < -0.39 is 0 Å². The molecule has 0 spiro atoms. The van der Waals surface area contributed by atoms with E-state index in [2.05, 4.69) is 0 Å². The van der Waals surface area contributed by atoms with Gasteiger partial charge < -0.3 is 9.80 Å². The first-order chi connectivity index (χ1) is 12.0. The molecule has 0 radical (unpaired) electrons. The highest BCUT2D eigenvalue weighted by molar-refractivity contribution is 5.96. The Morgan fingerprint density at radius 1 is 1.08 bits per heavy atom. The standard InChI is InChI=1S/C20H21FN2O2/c1-22(14-15-5-9-17(21)10-6-15)20(25)16-7-11-18(12-8-16)23-13-3-2-4-19(23)24/h5-12H,2-4,13-14H2,1H3. The first kappa shape index (κ1) is 17.1. The fraction of sp³-hybridized carbons (Fsp3) is 0.300. The second-order valence-electron chi connectivity index (χ2n) is 6.34. The van der Waals surface area contributed by atoms with Crippen LogP contribution in [0.1, 0.15) is 35.2 Å². The quantitative estimate of drug-likeness (QED) is 0.853. The average molecular weight is 340 g/mol. The van der Waals surface area contributed by atoms with E-state index in [4.69, 9.17) is 0 Å². The van der Waals surface area contributed by atoms with E-state index in [1.54, 1.807) is 41.1 Å². The van der Waals surface area contributed by atoms with Crippen molar-refractivity contribution in [3.05, 3.63) is 65.5 Å². The Morgan fingerprint density at radius 2 is 1.76 bits per heavy atom. The van der Waals surface area contributed by atoms with Crippen molar-refractivity contribution in [3.8, 4) is 0 Å². The summed E-state index contributed by atoms with van der Waals surface area (Å²) in [6.07, 6.45) is 2.54. The SMILES string of the molecule is CN(Cc1ccc(F)cc1)C(=O)c1ccc(N2CCCCC2=O)cc1. The van der Waals surface area contributed by atoms with Crippen LogP contribution in [0, 0.1) is 5.82 Å². The highest BCUT2D eigenvalue weighted by Gasteiger charge is 2.20. The van der Waals surface area contributed by atoms with Crippen molar-refractivity contribution < 1.29 is 14.0 Å². The van der Waals surface area contributed by atoms with Crippen LogP contribution in [0.2, 0.25) is 0 Å². The monoisotopic (exact) mass is 340 g/mol. The molecule has 2 aromatic carbocycles. The lowest BCUT2D eigenvalue weighted by molar-refractivity contribution is -0.119. The fourth-order valence-corrected chi connectivity index (χ4v) is 3.02. The molecular formula is C20H21FN2O2. The molecule has 0 aliphatic carbocycles. The zero-order valence-electron chi connectivity index (χ0n) is 14.2. The molecule has 0 atom stereocenters. The van der Waals surface area contributed by atoms with Crippen molar-refractivity contribution >= 4 is 17.5 Å². The number of piperidine rings is 1. The minimum absolute atomic E-state index is 0.110. The van der Waals surface area contributed by atoms with Crippen LogP contribution < -0.4 is 4.90 Å². The number of hydrogen-bond acceptors (Lipinski definition) is 2. The zero-order chi connectivity index (χ0) is 17.8. The number of nitrogens with zero attached hydrogens (tertiary/aromatic N) is 2. The maximum Gasteiger partial charge on any atom is 0.253 e. The average Bonchev–Trinajstić information content (AvgIpc) is 2.63. The maximum atomic E-state index is 13.0. The predicted molar refractivity (Wildman–Crippen MR) is 94.8 cm³/mol. The Bertz CT molecular complexity index is 756. The summed E-state index contributed by atoms with van der Waals surface area (Å²) in [7, 11) is 1.72. The van der Waals surface area contributed by atoms with Gasteiger partial charge >= 0.3 is 0 Å². The third-order valence-electron chi connectivity index (χ3n) is 4.43. The van der Waals surface area contributed by atoms with E-state index in [0.717, 1.165) is 30.6 Å². The molecule has 1 heterocycles. The van der Waals surface area contributed by atoms with Gasteiger partial charge in [-0.05, 0) is 54.8 Å². The molecule has 130 valence electrons. The molecule has 0 bridgehead atoms. The molecule has 1 aliphatic heterocycles. The number of benzene rings is 2. The third-order valence-corrected chi connectivity index (χ3v) is 4.43. The maximum absolute atomic E-state index is 13.0. The largest absolute Gasteiger partial charge is 0.337 e. The number of halogens is 1. The minimum Gasteiger partial charge on any atom is -0.337 e. The van der Waals surface area contributed by atoms with Crippen molar-refractivity contribution in [1.82, 2.24) is 4.90 Å². The number of amides is 2. The van der Waals surface area contributed by atoms with Crippen LogP contribution in [0.5, 0.6) is 0 Å². The molecule has 0 aromatic heterocycles. The number of rotatable bonds is 4. The number of anilines is 1. The van der Waals surface area contributed by atoms with Crippen molar-refractivity contribution in [2.45, 2.75) is 25.8 Å². The molecule has 0 N–H and O–H groups in total. The first-order valence-electron chi connectivity index (χ1n) is 8.45. The van der Waals surface area contributed by atoms with Gasteiger partial charge in [0, 0.05) is 37.8 Å². The summed E-state index contributed by atoms with van der Waals surface area (Å²) in [6.45, 7) is 1.14. The third kappa shape index (κ3) is 4.05. The summed E-state index contributed by atoms with van der Waals surface area (Å²) in [5.74, 6) is -0.264. The second kappa shape index (κ2) is 7.47. The summed E-state index contributed by atoms with van der Waals surface area (Å²) in [5.41, 5.74) is 2.27. The lowest BCUT2D eigenvalue weighted by Crippen LogP contribution is -2.35. The molecule has 1 fully saturated rings. The Hall–Kier alpha value is -2.69. The second-order valence-corrected chi connectivity index (χ2v) is 6.34. The van der Waals surface area contributed by atoms with Gasteiger partial charge in [0.25, 0.3) is 5.91 Å². The van der Waals surface area contributed by atoms with Crippen molar-refractivity contribution in [2.75, 3.05) is 18.5 Å². The molecule has 2 aromatic rings. The van der Waals surface area contributed by atoms with Crippen LogP contribution in [-0.4, -0.2) is 30.3 Å². The van der Waals surface area contributed by atoms with Crippen LogP contribution >= 0.6 is 0 Å². The van der Waals surface area contributed by atoms with E-state index in [1.807, 2.05) is 12.1 Å². The van der Waals surface area contributed by atoms with Crippen LogP contribution in [0.15, 0.2) is 48.5 Å². The molecule has 5 heteroatoms. The summed E-state index contributed by atoms with van der Waals surface area (Å²) in [5, 5.41) is 0. The molecular weight excluding hydrogens is 319 g/mol. The Balaban J connectivity index is 1.67. The molecule has 0 unspecified atom stereocenters. The smallest absolute Gasteiger partial charge is 0.253 e. The molecule has 25 heavy (non-hydrogen) atoms. The fourth-order valence-electron chi connectivity index (χ4n) is 3.02. The zero-order valence-corrected chi connectivity index (χ0v) is 14.2. The molecule has 1 saturated heterocycles. The lowest BCUT2D eigenvalue weighted by atomic mass is 10.1. The van der Waals surface area contributed by atoms with Gasteiger partial charge in [-0.3, -0.25) is 9.59 Å². The van der Waals surface area contributed by atoms with E-state index in [0.29, 0.717) is 18.5 Å². The highest BCUT2D eigenvalue weighted by atomic mass is 19.1. The molecule has 4 nitrogen and oxygen atoms in total. The number of carbonyl (C=O) groups is 2. The van der Waals surface area contributed by atoms with Gasteiger partial charge in [-0.2, -0.15) is 0 Å². The first-order valence-corrected chi connectivity index (χ1v) is 8.45. The van der Waals surface area contributed by atoms with Gasteiger partial charge in [0.1, 0.15) is 5.82 Å². The normalized spacial score (nSPS) is 14.5. The Labute approximate surface area is 146 Å². The lowest BCUT2D eigenvalue weighted by Gasteiger charge is -2.27. The number of carbonyl (C=O) groups excluding carboxylic acids is 2. The van der Waals surface area contributed by atoms with E-state index >= 15 is 0 Å². The van der Waals surface area contributed by atoms with Gasteiger partial charge in [-0.25, -0.2) is 4.39 Å². The minimum atomic E-state index is -0.291. The molecule has 2 amide bonds. The Morgan fingerprint density at radius 3 is 2.40 bits per heavy atom. The molecule has 0 saturated carbocycles. The molecule has 1 aliphatic rings. The van der Waals surface area contributed by atoms with E-state index in [-0.39, 0.29) is 17.6 Å². The summed E-state index contributed by atoms with van der Waals surface area (Å²) >= 11 is 0. The van der Waals surface area contributed by atoms with Gasteiger partial charge in [-0.15, -0.1) is 0 Å². The van der Waals surface area contributed by atoms with Crippen LogP contribution in [0.25, 0.3) is 0 Å². The Kier molecular flexibility index (Phi) is 5.12. The summed E-state index contributed by atoms with van der Waals surface area (Å²) in [4.78, 5) is 27.9. The summed E-state index contributed by atoms with van der Waals surface area (Å²) < 4.78 is 13.0. The van der Waals surface area contributed by atoms with Gasteiger partial charge in [0.05, 0.1) is 0 Å².